The van der Waals surface area contributed by atoms with E-state index in [0.717, 1.165) is 41.5 Å². The summed E-state index contributed by atoms with van der Waals surface area (Å²) in [5, 5.41) is 6.12. The summed E-state index contributed by atoms with van der Waals surface area (Å²) in [7, 11) is 0. The molecule has 1 heterocycles. The molecule has 5 nitrogen and oxygen atoms in total. The lowest BCUT2D eigenvalue weighted by Gasteiger charge is -2.13. The molecule has 1 saturated carbocycles. The standard InChI is InChI=1S/C27H29N3O2/c1-2-20-17-22(21-12-14-28-15-13-21)10-11-25(20)27(32)29-18-19-6-5-7-23(16-19)26(31)30-24-8-3-4-9-24/h5-7,10-17,24H,2-4,8-9,18H2,1H3,(H,29,32)(H,30,31). The minimum absolute atomic E-state index is 0.0370. The summed E-state index contributed by atoms with van der Waals surface area (Å²) in [6, 6.07) is 17.6. The van der Waals surface area contributed by atoms with Gasteiger partial charge in [-0.05, 0) is 71.8 Å². The van der Waals surface area contributed by atoms with Crippen molar-refractivity contribution in [3.63, 3.8) is 0 Å². The number of carbonyl (C=O) groups is 2. The van der Waals surface area contributed by atoms with Crippen LogP contribution in [0.2, 0.25) is 0 Å². The first-order chi connectivity index (χ1) is 15.6. The smallest absolute Gasteiger partial charge is 0.251 e. The molecule has 1 aliphatic carbocycles. The number of hydrogen-bond acceptors (Lipinski definition) is 3. The number of nitrogens with zero attached hydrogens (tertiary/aromatic N) is 1. The maximum absolute atomic E-state index is 12.9. The Balaban J connectivity index is 1.42. The largest absolute Gasteiger partial charge is 0.349 e. The van der Waals surface area contributed by atoms with Crippen LogP contribution in [0.25, 0.3) is 11.1 Å². The summed E-state index contributed by atoms with van der Waals surface area (Å²) in [5.74, 6) is -0.144. The van der Waals surface area contributed by atoms with Crippen molar-refractivity contribution in [1.82, 2.24) is 15.6 Å². The second-order valence-electron chi connectivity index (χ2n) is 8.30. The van der Waals surface area contributed by atoms with Crippen LogP contribution in [0.4, 0.5) is 0 Å². The van der Waals surface area contributed by atoms with Gasteiger partial charge in [-0.25, -0.2) is 0 Å². The van der Waals surface area contributed by atoms with Gasteiger partial charge in [-0.1, -0.05) is 44.0 Å². The normalized spacial score (nSPS) is 13.7. The third-order valence-electron chi connectivity index (χ3n) is 6.08. The second kappa shape index (κ2) is 10.2. The van der Waals surface area contributed by atoms with Gasteiger partial charge in [0, 0.05) is 36.1 Å². The predicted molar refractivity (Wildman–Crippen MR) is 126 cm³/mol. The number of rotatable bonds is 7. The third kappa shape index (κ3) is 5.22. The molecule has 1 fully saturated rings. The molecule has 1 aromatic heterocycles. The zero-order valence-corrected chi connectivity index (χ0v) is 18.4. The van der Waals surface area contributed by atoms with E-state index in [1.54, 1.807) is 12.4 Å². The summed E-state index contributed by atoms with van der Waals surface area (Å²) in [5.41, 5.74) is 5.38. The topological polar surface area (TPSA) is 71.1 Å². The lowest BCUT2D eigenvalue weighted by Crippen LogP contribution is -2.32. The lowest BCUT2D eigenvalue weighted by atomic mass is 9.97. The van der Waals surface area contributed by atoms with Crippen LogP contribution in [0.3, 0.4) is 0 Å². The minimum Gasteiger partial charge on any atom is -0.349 e. The number of aromatic nitrogens is 1. The summed E-state index contributed by atoms with van der Waals surface area (Å²) in [6.45, 7) is 2.42. The number of pyridine rings is 1. The SMILES string of the molecule is CCc1cc(-c2ccncc2)ccc1C(=O)NCc1cccc(C(=O)NC2CCCC2)c1. The summed E-state index contributed by atoms with van der Waals surface area (Å²) < 4.78 is 0. The molecule has 2 amide bonds. The van der Waals surface area contributed by atoms with Crippen LogP contribution in [-0.4, -0.2) is 22.8 Å². The third-order valence-corrected chi connectivity index (χ3v) is 6.08. The summed E-state index contributed by atoms with van der Waals surface area (Å²) >= 11 is 0. The van der Waals surface area contributed by atoms with Gasteiger partial charge in [-0.2, -0.15) is 0 Å². The van der Waals surface area contributed by atoms with E-state index in [1.165, 1.54) is 12.8 Å². The van der Waals surface area contributed by atoms with Gasteiger partial charge in [0.15, 0.2) is 0 Å². The van der Waals surface area contributed by atoms with E-state index in [1.807, 2.05) is 48.5 Å². The Hall–Kier alpha value is -3.47. The molecule has 0 aliphatic heterocycles. The van der Waals surface area contributed by atoms with Crippen LogP contribution in [-0.2, 0) is 13.0 Å². The second-order valence-corrected chi connectivity index (χ2v) is 8.30. The molecule has 2 N–H and O–H groups in total. The van der Waals surface area contributed by atoms with Gasteiger partial charge in [-0.3, -0.25) is 14.6 Å². The highest BCUT2D eigenvalue weighted by Crippen LogP contribution is 2.23. The lowest BCUT2D eigenvalue weighted by molar-refractivity contribution is 0.0935. The molecule has 5 heteroatoms. The molecule has 0 spiro atoms. The molecule has 0 saturated heterocycles. The molecule has 0 unspecified atom stereocenters. The van der Waals surface area contributed by atoms with Crippen molar-refractivity contribution in [2.75, 3.05) is 0 Å². The maximum atomic E-state index is 12.9. The van der Waals surface area contributed by atoms with Gasteiger partial charge in [0.1, 0.15) is 0 Å². The summed E-state index contributed by atoms with van der Waals surface area (Å²) in [4.78, 5) is 29.5. The fourth-order valence-corrected chi connectivity index (χ4v) is 4.27. The Labute approximate surface area is 189 Å². The average Bonchev–Trinajstić information content (AvgIpc) is 3.36. The van der Waals surface area contributed by atoms with Crippen LogP contribution in [0, 0.1) is 0 Å². The monoisotopic (exact) mass is 427 g/mol. The van der Waals surface area contributed by atoms with Crippen molar-refractivity contribution in [2.24, 2.45) is 0 Å². The number of nitrogens with one attached hydrogen (secondary N) is 2. The van der Waals surface area contributed by atoms with Crippen LogP contribution in [0.15, 0.2) is 67.0 Å². The number of amides is 2. The molecule has 0 bridgehead atoms. The molecular weight excluding hydrogens is 398 g/mol. The molecule has 3 aromatic rings. The Kier molecular flexibility index (Phi) is 6.95. The van der Waals surface area contributed by atoms with Gasteiger partial charge in [0.25, 0.3) is 11.8 Å². The van der Waals surface area contributed by atoms with E-state index in [0.29, 0.717) is 17.7 Å². The van der Waals surface area contributed by atoms with Gasteiger partial charge >= 0.3 is 0 Å². The molecular formula is C27H29N3O2. The van der Waals surface area contributed by atoms with Crippen LogP contribution >= 0.6 is 0 Å². The molecule has 1 aliphatic rings. The van der Waals surface area contributed by atoms with Gasteiger partial charge in [0.2, 0.25) is 0 Å². The number of hydrogen-bond donors (Lipinski definition) is 2. The highest BCUT2D eigenvalue weighted by atomic mass is 16.2. The average molecular weight is 428 g/mol. The van der Waals surface area contributed by atoms with Crippen molar-refractivity contribution in [3.05, 3.63) is 89.2 Å². The first kappa shape index (κ1) is 21.8. The van der Waals surface area contributed by atoms with Gasteiger partial charge in [0.05, 0.1) is 0 Å². The van der Waals surface area contributed by atoms with Crippen molar-refractivity contribution >= 4 is 11.8 Å². The van der Waals surface area contributed by atoms with Crippen LogP contribution in [0.1, 0.15) is 64.4 Å². The van der Waals surface area contributed by atoms with Crippen LogP contribution in [0.5, 0.6) is 0 Å². The highest BCUT2D eigenvalue weighted by molar-refractivity contribution is 5.96. The zero-order chi connectivity index (χ0) is 22.3. The van der Waals surface area contributed by atoms with E-state index in [-0.39, 0.29) is 17.9 Å². The van der Waals surface area contributed by atoms with E-state index < -0.39 is 0 Å². The maximum Gasteiger partial charge on any atom is 0.251 e. The molecule has 2 aromatic carbocycles. The van der Waals surface area contributed by atoms with E-state index in [2.05, 4.69) is 28.6 Å². The number of benzene rings is 2. The number of aryl methyl sites for hydroxylation is 1. The molecule has 32 heavy (non-hydrogen) atoms. The summed E-state index contributed by atoms with van der Waals surface area (Å²) in [6.07, 6.45) is 8.77. The first-order valence-electron chi connectivity index (χ1n) is 11.4. The van der Waals surface area contributed by atoms with Crippen molar-refractivity contribution in [2.45, 2.75) is 51.6 Å². The van der Waals surface area contributed by atoms with Crippen molar-refractivity contribution in [1.29, 1.82) is 0 Å². The van der Waals surface area contributed by atoms with E-state index >= 15 is 0 Å². The first-order valence-corrected chi connectivity index (χ1v) is 11.4. The van der Waals surface area contributed by atoms with E-state index in [4.69, 9.17) is 0 Å². The molecule has 164 valence electrons. The quantitative estimate of drug-likeness (QED) is 0.563. The minimum atomic E-state index is -0.107. The Bertz CT molecular complexity index is 1090. The van der Waals surface area contributed by atoms with E-state index in [9.17, 15) is 9.59 Å². The number of carbonyl (C=O) groups excluding carboxylic acids is 2. The van der Waals surface area contributed by atoms with Crippen molar-refractivity contribution < 1.29 is 9.59 Å². The molecule has 4 rings (SSSR count). The Morgan fingerprint density at radius 1 is 0.938 bits per heavy atom. The predicted octanol–water partition coefficient (Wildman–Crippen LogP) is 4.91. The highest BCUT2D eigenvalue weighted by Gasteiger charge is 2.18. The Morgan fingerprint density at radius 3 is 2.47 bits per heavy atom. The fourth-order valence-electron chi connectivity index (χ4n) is 4.27. The molecule has 0 radical (unpaired) electrons. The van der Waals surface area contributed by atoms with Crippen LogP contribution < -0.4 is 10.6 Å². The molecule has 0 atom stereocenters. The Morgan fingerprint density at radius 2 is 1.72 bits per heavy atom. The fraction of sp³-hybridized carbons (Fsp3) is 0.296. The zero-order valence-electron chi connectivity index (χ0n) is 18.4. The van der Waals surface area contributed by atoms with Gasteiger partial charge < -0.3 is 10.6 Å². The van der Waals surface area contributed by atoms with Crippen molar-refractivity contribution in [3.8, 4) is 11.1 Å². The van der Waals surface area contributed by atoms with Gasteiger partial charge in [-0.15, -0.1) is 0 Å².